The van der Waals surface area contributed by atoms with Crippen LogP contribution in [0, 0.1) is 6.92 Å². The van der Waals surface area contributed by atoms with Crippen LogP contribution in [-0.2, 0) is 25.8 Å². The van der Waals surface area contributed by atoms with Crippen molar-refractivity contribution in [1.82, 2.24) is 0 Å². The van der Waals surface area contributed by atoms with E-state index in [0.29, 0.717) is 0 Å². The van der Waals surface area contributed by atoms with Gasteiger partial charge in [-0.25, -0.2) is 4.57 Å². The largest absolute Gasteiger partial charge is 0.205 e. The summed E-state index contributed by atoms with van der Waals surface area (Å²) in [5.41, 5.74) is 8.17. The normalized spacial score (nSPS) is 10.8. The molecule has 1 heterocycles. The molecule has 0 saturated heterocycles. The predicted octanol–water partition coefficient (Wildman–Crippen LogP) is 5.71. The average Bonchev–Trinajstić information content (AvgIpc) is 2.77. The van der Waals surface area contributed by atoms with Crippen LogP contribution in [0.25, 0.3) is 0 Å². The lowest BCUT2D eigenvalue weighted by molar-refractivity contribution is -0.696. The predicted molar refractivity (Wildman–Crippen MR) is 120 cm³/mol. The Morgan fingerprint density at radius 2 is 0.931 bits per heavy atom. The van der Waals surface area contributed by atoms with E-state index in [4.69, 9.17) is 0 Å². The summed E-state index contributed by atoms with van der Waals surface area (Å²) in [5, 5.41) is 0. The maximum absolute atomic E-state index is 2.27. The molecule has 1 aromatic heterocycles. The first kappa shape index (κ1) is 19.1. The first-order valence-corrected chi connectivity index (χ1v) is 10.4. The topological polar surface area (TPSA) is 3.88 Å². The van der Waals surface area contributed by atoms with E-state index in [9.17, 15) is 0 Å². The fourth-order valence-corrected chi connectivity index (χ4v) is 3.62. The Labute approximate surface area is 174 Å². The molecule has 0 N–H and O–H groups in total. The second-order valence-electron chi connectivity index (χ2n) is 7.84. The number of aryl methyl sites for hydroxylation is 3. The number of hydrogen-bond acceptors (Lipinski definition) is 0. The molecule has 0 atom stereocenters. The van der Waals surface area contributed by atoms with Gasteiger partial charge in [0.2, 0.25) is 0 Å². The summed E-state index contributed by atoms with van der Waals surface area (Å²) in [4.78, 5) is 0. The Balaban J connectivity index is 1.32. The quantitative estimate of drug-likeness (QED) is 0.363. The molecule has 0 aliphatic carbocycles. The van der Waals surface area contributed by atoms with Gasteiger partial charge < -0.3 is 0 Å². The molecule has 0 aliphatic rings. The third-order valence-electron chi connectivity index (χ3n) is 5.42. The van der Waals surface area contributed by atoms with Gasteiger partial charge in [0, 0.05) is 18.6 Å². The van der Waals surface area contributed by atoms with Crippen molar-refractivity contribution in [2.24, 2.45) is 0 Å². The maximum atomic E-state index is 2.27. The molecule has 0 unspecified atom stereocenters. The average molecular weight is 379 g/mol. The van der Waals surface area contributed by atoms with Crippen molar-refractivity contribution in [2.75, 3.05) is 0 Å². The number of aromatic nitrogens is 1. The molecule has 4 rings (SSSR count). The molecule has 29 heavy (non-hydrogen) atoms. The van der Waals surface area contributed by atoms with Crippen molar-refractivity contribution in [2.45, 2.75) is 32.7 Å². The molecular weight excluding hydrogens is 350 g/mol. The number of rotatable bonds is 7. The zero-order valence-electron chi connectivity index (χ0n) is 17.1. The second kappa shape index (κ2) is 9.34. The first-order chi connectivity index (χ1) is 14.2. The van der Waals surface area contributed by atoms with Crippen LogP contribution in [0.2, 0.25) is 0 Å². The van der Waals surface area contributed by atoms with Crippen molar-refractivity contribution in [1.29, 1.82) is 0 Å². The van der Waals surface area contributed by atoms with E-state index in [0.717, 1.165) is 25.8 Å². The highest BCUT2D eigenvalue weighted by Gasteiger charge is 2.02. The van der Waals surface area contributed by atoms with Crippen LogP contribution < -0.4 is 4.57 Å². The highest BCUT2D eigenvalue weighted by atomic mass is 14.9. The third kappa shape index (κ3) is 5.65. The van der Waals surface area contributed by atoms with Gasteiger partial charge in [-0.05, 0) is 47.6 Å². The van der Waals surface area contributed by atoms with Crippen LogP contribution in [0.15, 0.2) is 103 Å². The van der Waals surface area contributed by atoms with E-state index in [1.807, 2.05) is 0 Å². The molecule has 0 bridgehead atoms. The first-order valence-electron chi connectivity index (χ1n) is 10.4. The molecule has 1 heteroatoms. The molecule has 4 aromatic rings. The van der Waals surface area contributed by atoms with Gasteiger partial charge in [-0.15, -0.1) is 0 Å². The lowest BCUT2D eigenvalue weighted by atomic mass is 9.99. The SMILES string of the molecule is Cc1ccc(Cc2ccc(Cc3ccc(CC[n+]4ccccc4)cc3)cc2)cc1. The fraction of sp³-hybridized carbons (Fsp3) is 0.179. The van der Waals surface area contributed by atoms with E-state index in [1.54, 1.807) is 0 Å². The molecule has 0 amide bonds. The maximum Gasteiger partial charge on any atom is 0.168 e. The number of benzene rings is 3. The number of hydrogen-bond donors (Lipinski definition) is 0. The van der Waals surface area contributed by atoms with Gasteiger partial charge in [-0.2, -0.15) is 0 Å². The van der Waals surface area contributed by atoms with Crippen LogP contribution in [0.1, 0.15) is 33.4 Å². The minimum Gasteiger partial charge on any atom is -0.205 e. The molecule has 0 radical (unpaired) electrons. The van der Waals surface area contributed by atoms with E-state index in [-0.39, 0.29) is 0 Å². The van der Waals surface area contributed by atoms with Crippen molar-refractivity contribution in [3.05, 3.63) is 137 Å². The summed E-state index contributed by atoms with van der Waals surface area (Å²) in [6.45, 7) is 3.15. The lowest BCUT2D eigenvalue weighted by Gasteiger charge is -2.07. The standard InChI is InChI=1S/C28H28N/c1-23-5-7-25(8-6-23)21-27-13-15-28(16-14-27)22-26-11-9-24(10-12-26)17-20-29-18-3-2-4-19-29/h2-16,18-19H,17,20-22H2,1H3/q+1. The Bertz CT molecular complexity index is 1010. The van der Waals surface area contributed by atoms with Crippen molar-refractivity contribution in [3.63, 3.8) is 0 Å². The second-order valence-corrected chi connectivity index (χ2v) is 7.84. The van der Waals surface area contributed by atoms with E-state index in [2.05, 4.69) is 115 Å². The molecule has 0 fully saturated rings. The molecule has 0 saturated carbocycles. The van der Waals surface area contributed by atoms with Gasteiger partial charge >= 0.3 is 0 Å². The highest BCUT2D eigenvalue weighted by molar-refractivity contribution is 5.33. The smallest absolute Gasteiger partial charge is 0.168 e. The Hall–Kier alpha value is -3.19. The summed E-state index contributed by atoms with van der Waals surface area (Å²) < 4.78 is 2.23. The minimum absolute atomic E-state index is 0.985. The molecular formula is C28H28N+. The van der Waals surface area contributed by atoms with Crippen molar-refractivity contribution < 1.29 is 4.57 Å². The summed E-state index contributed by atoms with van der Waals surface area (Å²) in [5.74, 6) is 0. The van der Waals surface area contributed by atoms with E-state index >= 15 is 0 Å². The van der Waals surface area contributed by atoms with E-state index < -0.39 is 0 Å². The van der Waals surface area contributed by atoms with Gasteiger partial charge in [-0.1, -0.05) is 84.4 Å². The summed E-state index contributed by atoms with van der Waals surface area (Å²) >= 11 is 0. The molecule has 144 valence electrons. The fourth-order valence-electron chi connectivity index (χ4n) is 3.62. The van der Waals surface area contributed by atoms with Gasteiger partial charge in [0.1, 0.15) is 0 Å². The minimum atomic E-state index is 0.985. The number of nitrogens with zero attached hydrogens (tertiary/aromatic N) is 1. The van der Waals surface area contributed by atoms with Crippen LogP contribution in [0.3, 0.4) is 0 Å². The third-order valence-corrected chi connectivity index (χ3v) is 5.42. The van der Waals surface area contributed by atoms with Crippen LogP contribution in [-0.4, -0.2) is 0 Å². The highest BCUT2D eigenvalue weighted by Crippen LogP contribution is 2.15. The Morgan fingerprint density at radius 3 is 1.41 bits per heavy atom. The van der Waals surface area contributed by atoms with Gasteiger partial charge in [0.05, 0.1) is 0 Å². The van der Waals surface area contributed by atoms with Crippen LogP contribution in [0.4, 0.5) is 0 Å². The molecule has 1 nitrogen and oxygen atoms in total. The summed E-state index contributed by atoms with van der Waals surface area (Å²) in [6.07, 6.45) is 7.28. The van der Waals surface area contributed by atoms with Crippen molar-refractivity contribution >= 4 is 0 Å². The zero-order chi connectivity index (χ0) is 19.9. The van der Waals surface area contributed by atoms with Gasteiger partial charge in [0.25, 0.3) is 0 Å². The zero-order valence-corrected chi connectivity index (χ0v) is 17.1. The van der Waals surface area contributed by atoms with Gasteiger partial charge in [-0.3, -0.25) is 0 Å². The monoisotopic (exact) mass is 378 g/mol. The summed E-state index contributed by atoms with van der Waals surface area (Å²) in [7, 11) is 0. The lowest BCUT2D eigenvalue weighted by Crippen LogP contribution is -2.33. The van der Waals surface area contributed by atoms with Crippen molar-refractivity contribution in [3.8, 4) is 0 Å². The van der Waals surface area contributed by atoms with Gasteiger partial charge in [0.15, 0.2) is 18.9 Å². The van der Waals surface area contributed by atoms with Crippen LogP contribution >= 0.6 is 0 Å². The van der Waals surface area contributed by atoms with Crippen LogP contribution in [0.5, 0.6) is 0 Å². The molecule has 0 spiro atoms. The summed E-state index contributed by atoms with van der Waals surface area (Å²) in [6, 6.07) is 33.2. The Kier molecular flexibility index (Phi) is 6.16. The molecule has 0 aliphatic heterocycles. The molecule has 3 aromatic carbocycles. The van der Waals surface area contributed by atoms with E-state index in [1.165, 1.54) is 33.4 Å². The number of pyridine rings is 1. The Morgan fingerprint density at radius 1 is 0.517 bits per heavy atom.